The molecule has 0 atom stereocenters. The zero-order chi connectivity index (χ0) is 26.9. The number of ether oxygens (including phenoxy) is 1. The maximum Gasteiger partial charge on any atom is 1.00 e. The molecule has 190 valence electrons. The van der Waals surface area contributed by atoms with Crippen molar-refractivity contribution < 1.29 is 57.2 Å². The summed E-state index contributed by atoms with van der Waals surface area (Å²) in [7, 11) is -3.14. The molecule has 0 radical (unpaired) electrons. The van der Waals surface area contributed by atoms with Gasteiger partial charge in [0.25, 0.3) is 16.0 Å². The smallest absolute Gasteiger partial charge is 0.870 e. The number of benzene rings is 4. The maximum absolute atomic E-state index is 13.4. The number of para-hydroxylation sites is 1. The summed E-state index contributed by atoms with van der Waals surface area (Å²) in [6.07, 6.45) is 0. The number of azo groups is 1. The Bertz CT molecular complexity index is 1670. The molecule has 4 aromatic rings. The van der Waals surface area contributed by atoms with Crippen LogP contribution >= 0.6 is 23.2 Å². The molecule has 0 heterocycles. The van der Waals surface area contributed by atoms with Gasteiger partial charge in [0.1, 0.15) is 4.90 Å². The van der Waals surface area contributed by atoms with Crippen molar-refractivity contribution in [2.45, 2.75) is 11.8 Å². The van der Waals surface area contributed by atoms with Crippen LogP contribution in [-0.4, -0.2) is 26.0 Å². The van der Waals surface area contributed by atoms with Gasteiger partial charge in [0, 0.05) is 10.9 Å². The fraction of sp³-hybridized carbons (Fsp3) is 0.0800. The Kier molecular flexibility index (Phi) is 9.43. The van der Waals surface area contributed by atoms with E-state index in [-0.39, 0.29) is 73.5 Å². The Labute approximate surface area is 250 Å². The number of carbonyl (C=O) groups excluding carboxylic acids is 1. The van der Waals surface area contributed by atoms with Gasteiger partial charge in [0.2, 0.25) is 0 Å². The van der Waals surface area contributed by atoms with Crippen molar-refractivity contribution in [3.63, 3.8) is 0 Å². The molecule has 2 N–H and O–H groups in total. The molecule has 0 aliphatic carbocycles. The van der Waals surface area contributed by atoms with E-state index < -0.39 is 26.7 Å². The van der Waals surface area contributed by atoms with E-state index >= 15 is 0 Å². The summed E-state index contributed by atoms with van der Waals surface area (Å²) in [4.78, 5) is 12.7. The fourth-order valence-electron chi connectivity index (χ4n) is 3.79. The van der Waals surface area contributed by atoms with Crippen LogP contribution in [0.15, 0.2) is 75.8 Å². The Balaban J connectivity index is 0.00000400. The van der Waals surface area contributed by atoms with Gasteiger partial charge in [-0.15, -0.1) is 0 Å². The van der Waals surface area contributed by atoms with Crippen LogP contribution in [0.4, 0.5) is 17.1 Å². The van der Waals surface area contributed by atoms with E-state index in [4.69, 9.17) is 27.9 Å². The Morgan fingerprint density at radius 2 is 1.74 bits per heavy atom. The van der Waals surface area contributed by atoms with Gasteiger partial charge in [-0.25, -0.2) is 0 Å². The summed E-state index contributed by atoms with van der Waals surface area (Å²) < 4.78 is 37.8. The number of fused-ring (bicyclic) bond motifs is 1. The van der Waals surface area contributed by atoms with Gasteiger partial charge in [0.05, 0.1) is 34.2 Å². The largest absolute Gasteiger partial charge is 1.00 e. The number of nitrogens with zero attached hydrogens (tertiary/aromatic N) is 2. The first-order chi connectivity index (χ1) is 17.5. The van der Waals surface area contributed by atoms with E-state index in [1.807, 2.05) is 0 Å². The standard InChI is InChI=1S/C25H19Cl2N3O6S.Na/c1-13-10-15(12-19(27)24(13)37(33,34)35)29-30-21-16-7-4-3-6-14(16)11-17(22(21)31)25(32)28-20-9-5-8-18(26)23(20)36-2;/h3-12,31H,1-2H3,(H,28,32)(H,33,34,35);/q;+1/p-1. The van der Waals surface area contributed by atoms with Gasteiger partial charge in [-0.1, -0.05) is 59.3 Å². The van der Waals surface area contributed by atoms with Crippen LogP contribution in [0, 0.1) is 6.92 Å². The quantitative estimate of drug-likeness (QED) is 0.203. The molecule has 0 unspecified atom stereocenters. The third kappa shape index (κ3) is 6.13. The van der Waals surface area contributed by atoms with E-state index in [1.54, 1.807) is 42.5 Å². The molecule has 4 rings (SSSR count). The van der Waals surface area contributed by atoms with Crippen molar-refractivity contribution in [2.75, 3.05) is 12.4 Å². The minimum atomic E-state index is -4.55. The summed E-state index contributed by atoms with van der Waals surface area (Å²) in [5, 5.41) is 25.2. The number of halogens is 2. The van der Waals surface area contributed by atoms with Gasteiger partial charge >= 0.3 is 29.6 Å². The van der Waals surface area contributed by atoms with Crippen molar-refractivity contribution >= 4 is 67.1 Å². The predicted octanol–water partition coefficient (Wildman–Crippen LogP) is 3.46. The molecule has 0 saturated carbocycles. The van der Waals surface area contributed by atoms with E-state index in [2.05, 4.69) is 15.5 Å². The first-order valence-corrected chi connectivity index (χ1v) is 12.8. The number of hydrogen-bond acceptors (Lipinski definition) is 7. The van der Waals surface area contributed by atoms with Gasteiger partial charge in [-0.05, 0) is 48.2 Å². The van der Waals surface area contributed by atoms with Gasteiger partial charge < -0.3 is 15.2 Å². The van der Waals surface area contributed by atoms with Crippen LogP contribution in [0.3, 0.4) is 0 Å². The summed E-state index contributed by atoms with van der Waals surface area (Å²) >= 11 is 12.2. The normalized spacial score (nSPS) is 11.4. The molecule has 1 amide bonds. The van der Waals surface area contributed by atoms with E-state index in [9.17, 15) is 22.9 Å². The molecule has 9 nitrogen and oxygen atoms in total. The van der Waals surface area contributed by atoms with Crippen molar-refractivity contribution in [1.82, 2.24) is 0 Å². The van der Waals surface area contributed by atoms with Crippen molar-refractivity contribution in [3.8, 4) is 11.5 Å². The van der Waals surface area contributed by atoms with Crippen molar-refractivity contribution in [1.29, 1.82) is 0 Å². The average Bonchev–Trinajstić information content (AvgIpc) is 2.82. The van der Waals surface area contributed by atoms with Gasteiger partial charge in [-0.3, -0.25) is 9.35 Å². The summed E-state index contributed by atoms with van der Waals surface area (Å²) in [5.41, 5.74) is 0.260. The Morgan fingerprint density at radius 3 is 2.39 bits per heavy atom. The third-order valence-electron chi connectivity index (χ3n) is 5.38. The Hall–Kier alpha value is -2.70. The zero-order valence-corrected chi connectivity index (χ0v) is 24.6. The molecule has 38 heavy (non-hydrogen) atoms. The number of amides is 1. The second-order valence-electron chi connectivity index (χ2n) is 7.85. The SMILES string of the molecule is COc1c(Cl)cccc1NC(=O)c1cc2ccccc2c(N=Nc2cc(C)c(S(=O)(=O)O)c(Cl)c2)c1[O-].[Na+]. The van der Waals surface area contributed by atoms with Crippen molar-refractivity contribution in [2.24, 2.45) is 10.2 Å². The zero-order valence-electron chi connectivity index (χ0n) is 20.3. The second-order valence-corrected chi connectivity index (χ2v) is 10.0. The van der Waals surface area contributed by atoms with Crippen LogP contribution < -0.4 is 44.7 Å². The number of rotatable bonds is 6. The number of aryl methyl sites for hydroxylation is 1. The topological polar surface area (TPSA) is 140 Å². The second kappa shape index (κ2) is 12.0. The molecule has 13 heteroatoms. The van der Waals surface area contributed by atoms with Gasteiger partial charge in [0.15, 0.2) is 5.75 Å². The molecule has 0 bridgehead atoms. The summed E-state index contributed by atoms with van der Waals surface area (Å²) in [5.74, 6) is -1.14. The average molecular weight is 582 g/mol. The summed E-state index contributed by atoms with van der Waals surface area (Å²) in [6, 6.07) is 15.6. The Morgan fingerprint density at radius 1 is 1.03 bits per heavy atom. The van der Waals surface area contributed by atoms with Crippen molar-refractivity contribution in [3.05, 3.63) is 81.8 Å². The molecule has 0 aromatic heterocycles. The van der Waals surface area contributed by atoms with Crippen LogP contribution in [0.5, 0.6) is 11.5 Å². The first-order valence-electron chi connectivity index (χ1n) is 10.6. The maximum atomic E-state index is 13.4. The van der Waals surface area contributed by atoms with Crippen LogP contribution in [-0.2, 0) is 10.1 Å². The molecule has 0 aliphatic heterocycles. The molecule has 0 fully saturated rings. The monoisotopic (exact) mass is 581 g/mol. The molecule has 4 aromatic carbocycles. The third-order valence-corrected chi connectivity index (χ3v) is 7.14. The minimum Gasteiger partial charge on any atom is -0.870 e. The van der Waals surface area contributed by atoms with E-state index in [0.717, 1.165) is 0 Å². The number of carbonyl (C=O) groups is 1. The number of anilines is 1. The number of methoxy groups -OCH3 is 1. The molecular formula is C25H18Cl2N3NaO6S. The van der Waals surface area contributed by atoms with Gasteiger partial charge in [-0.2, -0.15) is 18.6 Å². The fourth-order valence-corrected chi connectivity index (χ4v) is 5.36. The summed E-state index contributed by atoms with van der Waals surface area (Å²) in [6.45, 7) is 1.43. The minimum absolute atomic E-state index is 0. The molecule has 0 spiro atoms. The van der Waals surface area contributed by atoms with Crippen LogP contribution in [0.1, 0.15) is 15.9 Å². The number of nitrogens with one attached hydrogen (secondary N) is 1. The molecule has 0 aliphatic rings. The van der Waals surface area contributed by atoms with E-state index in [1.165, 1.54) is 32.2 Å². The molecule has 0 saturated heterocycles. The number of hydrogen-bond donors (Lipinski definition) is 2. The molecular weight excluding hydrogens is 564 g/mol. The first kappa shape index (κ1) is 29.9. The van der Waals surface area contributed by atoms with Crippen LogP contribution in [0.2, 0.25) is 10.0 Å². The van der Waals surface area contributed by atoms with E-state index in [0.29, 0.717) is 10.8 Å². The van der Waals surface area contributed by atoms with Crippen LogP contribution in [0.25, 0.3) is 10.8 Å². The predicted molar refractivity (Wildman–Crippen MR) is 140 cm³/mol.